The zero-order valence-corrected chi connectivity index (χ0v) is 15.5. The molecule has 2 aromatic rings. The Hall–Kier alpha value is -2.80. The molecule has 0 radical (unpaired) electrons. The van der Waals surface area contributed by atoms with E-state index in [0.717, 1.165) is 0 Å². The predicted molar refractivity (Wildman–Crippen MR) is 99.0 cm³/mol. The molecule has 0 fully saturated rings. The lowest BCUT2D eigenvalue weighted by Gasteiger charge is -2.15. The molecule has 1 atom stereocenters. The monoisotopic (exact) mass is 394 g/mol. The SMILES string of the molecule is CC(Oc1ccc(F)cc1)C(=O)NNC(=O)CCCOc1ccc(Cl)cc1. The first-order chi connectivity index (χ1) is 12.9. The number of nitrogens with one attached hydrogen (secondary N) is 2. The highest BCUT2D eigenvalue weighted by Crippen LogP contribution is 2.15. The molecule has 6 nitrogen and oxygen atoms in total. The molecule has 0 aliphatic heterocycles. The Kier molecular flexibility index (Phi) is 7.88. The molecule has 2 aromatic carbocycles. The first-order valence-electron chi connectivity index (χ1n) is 8.33. The van der Waals surface area contributed by atoms with E-state index in [2.05, 4.69) is 10.9 Å². The third-order valence-electron chi connectivity index (χ3n) is 3.45. The summed E-state index contributed by atoms with van der Waals surface area (Å²) < 4.78 is 23.7. The van der Waals surface area contributed by atoms with Crippen LogP contribution >= 0.6 is 11.6 Å². The summed E-state index contributed by atoms with van der Waals surface area (Å²) in [5.41, 5.74) is 4.60. The van der Waals surface area contributed by atoms with Gasteiger partial charge in [-0.15, -0.1) is 0 Å². The Bertz CT molecular complexity index is 753. The van der Waals surface area contributed by atoms with Gasteiger partial charge in [-0.2, -0.15) is 0 Å². The first kappa shape index (κ1) is 20.5. The van der Waals surface area contributed by atoms with Crippen LogP contribution in [-0.4, -0.2) is 24.5 Å². The van der Waals surface area contributed by atoms with Crippen molar-refractivity contribution in [1.29, 1.82) is 0 Å². The minimum atomic E-state index is -0.857. The molecule has 1 unspecified atom stereocenters. The van der Waals surface area contributed by atoms with E-state index >= 15 is 0 Å². The lowest BCUT2D eigenvalue weighted by molar-refractivity contribution is -0.132. The van der Waals surface area contributed by atoms with Gasteiger partial charge in [-0.05, 0) is 61.9 Å². The fourth-order valence-electron chi connectivity index (χ4n) is 2.02. The molecule has 0 bridgehead atoms. The summed E-state index contributed by atoms with van der Waals surface area (Å²) in [6.45, 7) is 1.87. The Labute approximate surface area is 161 Å². The molecule has 0 heterocycles. The summed E-state index contributed by atoms with van der Waals surface area (Å²) in [7, 11) is 0. The summed E-state index contributed by atoms with van der Waals surface area (Å²) in [5, 5.41) is 0.620. The third-order valence-corrected chi connectivity index (χ3v) is 3.70. The number of hydrogen-bond acceptors (Lipinski definition) is 4. The van der Waals surface area contributed by atoms with Crippen LogP contribution in [0, 0.1) is 5.82 Å². The first-order valence-corrected chi connectivity index (χ1v) is 8.71. The molecule has 2 amide bonds. The maximum Gasteiger partial charge on any atom is 0.279 e. The zero-order valence-electron chi connectivity index (χ0n) is 14.7. The molecule has 8 heteroatoms. The Morgan fingerprint density at radius 1 is 1.04 bits per heavy atom. The maximum atomic E-state index is 12.8. The van der Waals surface area contributed by atoms with Crippen molar-refractivity contribution in [2.45, 2.75) is 25.9 Å². The van der Waals surface area contributed by atoms with Gasteiger partial charge in [0.25, 0.3) is 5.91 Å². The van der Waals surface area contributed by atoms with E-state index in [4.69, 9.17) is 21.1 Å². The van der Waals surface area contributed by atoms with Crippen LogP contribution in [0.4, 0.5) is 4.39 Å². The normalized spacial score (nSPS) is 11.4. The topological polar surface area (TPSA) is 76.7 Å². The van der Waals surface area contributed by atoms with Gasteiger partial charge in [0.05, 0.1) is 6.61 Å². The van der Waals surface area contributed by atoms with Crippen molar-refractivity contribution in [2.24, 2.45) is 0 Å². The van der Waals surface area contributed by atoms with E-state index in [1.165, 1.54) is 31.2 Å². The maximum absolute atomic E-state index is 12.8. The van der Waals surface area contributed by atoms with Crippen molar-refractivity contribution in [2.75, 3.05) is 6.61 Å². The van der Waals surface area contributed by atoms with E-state index < -0.39 is 17.8 Å². The van der Waals surface area contributed by atoms with Crippen LogP contribution in [-0.2, 0) is 9.59 Å². The fourth-order valence-corrected chi connectivity index (χ4v) is 2.15. The number of halogens is 2. The summed E-state index contributed by atoms with van der Waals surface area (Å²) in [6, 6.07) is 12.2. The van der Waals surface area contributed by atoms with Crippen LogP contribution in [0.1, 0.15) is 19.8 Å². The van der Waals surface area contributed by atoms with Crippen LogP contribution in [0.15, 0.2) is 48.5 Å². The standard InChI is InChI=1S/C19H20ClFN2O4/c1-13(27-17-10-6-15(21)7-11-17)19(25)23-22-18(24)3-2-12-26-16-8-4-14(20)5-9-16/h4-11,13H,2-3,12H2,1H3,(H,22,24)(H,23,25). The van der Waals surface area contributed by atoms with E-state index in [1.807, 2.05) is 0 Å². The highest BCUT2D eigenvalue weighted by atomic mass is 35.5. The Balaban J connectivity index is 1.61. The minimum absolute atomic E-state index is 0.182. The molecule has 2 N–H and O–H groups in total. The van der Waals surface area contributed by atoms with Crippen molar-refractivity contribution in [3.8, 4) is 11.5 Å². The van der Waals surface area contributed by atoms with E-state index in [1.54, 1.807) is 24.3 Å². The second-order valence-corrected chi connectivity index (χ2v) is 6.09. The number of carbonyl (C=O) groups excluding carboxylic acids is 2. The van der Waals surface area contributed by atoms with Crippen LogP contribution in [0.5, 0.6) is 11.5 Å². The molecule has 0 aliphatic rings. The lowest BCUT2D eigenvalue weighted by atomic mass is 10.3. The van der Waals surface area contributed by atoms with Gasteiger partial charge in [-0.1, -0.05) is 11.6 Å². The van der Waals surface area contributed by atoms with Crippen molar-refractivity contribution >= 4 is 23.4 Å². The van der Waals surface area contributed by atoms with E-state index in [9.17, 15) is 14.0 Å². The number of carbonyl (C=O) groups is 2. The summed E-state index contributed by atoms with van der Waals surface area (Å²) in [6.07, 6.45) is -0.198. The average Bonchev–Trinajstić information content (AvgIpc) is 2.66. The molecule has 144 valence electrons. The van der Waals surface area contributed by atoms with Crippen LogP contribution in [0.3, 0.4) is 0 Å². The highest BCUT2D eigenvalue weighted by Gasteiger charge is 2.15. The van der Waals surface area contributed by atoms with Crippen molar-refractivity contribution in [3.63, 3.8) is 0 Å². The number of rotatable bonds is 8. The van der Waals surface area contributed by atoms with Gasteiger partial charge < -0.3 is 9.47 Å². The van der Waals surface area contributed by atoms with Crippen molar-refractivity contribution in [3.05, 3.63) is 59.4 Å². The van der Waals surface area contributed by atoms with Gasteiger partial charge in [0.1, 0.15) is 17.3 Å². The summed E-state index contributed by atoms with van der Waals surface area (Å²) in [4.78, 5) is 23.6. The minimum Gasteiger partial charge on any atom is -0.494 e. The number of ether oxygens (including phenoxy) is 2. The Morgan fingerprint density at radius 3 is 2.33 bits per heavy atom. The second-order valence-electron chi connectivity index (χ2n) is 5.66. The molecule has 0 aliphatic carbocycles. The molecule has 0 aromatic heterocycles. The number of hydrogen-bond donors (Lipinski definition) is 2. The largest absolute Gasteiger partial charge is 0.494 e. The van der Waals surface area contributed by atoms with Gasteiger partial charge in [-0.3, -0.25) is 20.4 Å². The molecular weight excluding hydrogens is 375 g/mol. The predicted octanol–water partition coefficient (Wildman–Crippen LogP) is 3.25. The summed E-state index contributed by atoms with van der Waals surface area (Å²) >= 11 is 5.78. The molecule has 0 spiro atoms. The van der Waals surface area contributed by atoms with Gasteiger partial charge in [-0.25, -0.2) is 4.39 Å². The van der Waals surface area contributed by atoms with Crippen molar-refractivity contribution < 1.29 is 23.5 Å². The number of hydrazine groups is 1. The Morgan fingerprint density at radius 2 is 1.67 bits per heavy atom. The van der Waals surface area contributed by atoms with Gasteiger partial charge in [0, 0.05) is 11.4 Å². The smallest absolute Gasteiger partial charge is 0.279 e. The molecular formula is C19H20ClFN2O4. The molecule has 0 saturated heterocycles. The second kappa shape index (κ2) is 10.4. The number of amides is 2. The van der Waals surface area contributed by atoms with Crippen LogP contribution in [0.2, 0.25) is 5.02 Å². The van der Waals surface area contributed by atoms with Gasteiger partial charge in [0.2, 0.25) is 5.91 Å². The fraction of sp³-hybridized carbons (Fsp3) is 0.263. The quantitative estimate of drug-likeness (QED) is 0.532. The molecule has 2 rings (SSSR count). The van der Waals surface area contributed by atoms with E-state index in [0.29, 0.717) is 29.5 Å². The molecule has 0 saturated carbocycles. The highest BCUT2D eigenvalue weighted by molar-refractivity contribution is 6.30. The van der Waals surface area contributed by atoms with Crippen LogP contribution in [0.25, 0.3) is 0 Å². The molecule has 27 heavy (non-hydrogen) atoms. The zero-order chi connectivity index (χ0) is 19.6. The van der Waals surface area contributed by atoms with Crippen LogP contribution < -0.4 is 20.3 Å². The third kappa shape index (κ3) is 7.53. The average molecular weight is 395 g/mol. The number of benzene rings is 2. The van der Waals surface area contributed by atoms with Gasteiger partial charge in [0.15, 0.2) is 6.10 Å². The lowest BCUT2D eigenvalue weighted by Crippen LogP contribution is -2.47. The van der Waals surface area contributed by atoms with E-state index in [-0.39, 0.29) is 12.3 Å². The van der Waals surface area contributed by atoms with Crippen molar-refractivity contribution in [1.82, 2.24) is 10.9 Å². The summed E-state index contributed by atoms with van der Waals surface area (Å²) in [5.74, 6) is -0.251. The van der Waals surface area contributed by atoms with Gasteiger partial charge >= 0.3 is 0 Å².